The monoisotopic (exact) mass is 518 g/mol. The van der Waals surface area contributed by atoms with E-state index in [1.54, 1.807) is 36.3 Å². The molecule has 9 heteroatoms. The van der Waals surface area contributed by atoms with Gasteiger partial charge >= 0.3 is 0 Å². The molecule has 2 aromatic rings. The predicted octanol–water partition coefficient (Wildman–Crippen LogP) is 3.50. The first-order valence-electron chi connectivity index (χ1n) is 9.11. The van der Waals surface area contributed by atoms with E-state index in [2.05, 4.69) is 39.3 Å². The second-order valence-corrected chi connectivity index (χ2v) is 6.95. The van der Waals surface area contributed by atoms with E-state index in [0.29, 0.717) is 13.1 Å². The number of aromatic nitrogens is 3. The van der Waals surface area contributed by atoms with Crippen LogP contribution in [0.25, 0.3) is 0 Å². The van der Waals surface area contributed by atoms with Crippen molar-refractivity contribution >= 4 is 41.7 Å². The molecule has 0 atom stereocenters. The molecule has 0 amide bonds. The summed E-state index contributed by atoms with van der Waals surface area (Å²) in [6.45, 7) is 8.68. The summed E-state index contributed by atoms with van der Waals surface area (Å²) in [6.07, 6.45) is 5.35. The lowest BCUT2D eigenvalue weighted by Crippen LogP contribution is -2.39. The number of thioether (sulfide) groups is 1. The molecule has 154 valence electrons. The van der Waals surface area contributed by atoms with Crippen molar-refractivity contribution in [2.75, 3.05) is 25.4 Å². The predicted molar refractivity (Wildman–Crippen MR) is 125 cm³/mol. The second kappa shape index (κ2) is 14.4. The average molecular weight is 518 g/mol. The van der Waals surface area contributed by atoms with Crippen LogP contribution in [0.15, 0.2) is 53.1 Å². The number of hydrogen-bond acceptors (Lipinski definition) is 4. The highest BCUT2D eigenvalue weighted by molar-refractivity contribution is 14.0. The first-order chi connectivity index (χ1) is 13.2. The van der Waals surface area contributed by atoms with Crippen LogP contribution in [0.2, 0.25) is 0 Å². The molecular formula is C19H28FIN6S. The highest BCUT2D eigenvalue weighted by atomic mass is 127. The van der Waals surface area contributed by atoms with Crippen molar-refractivity contribution < 1.29 is 4.39 Å². The van der Waals surface area contributed by atoms with Crippen LogP contribution in [-0.2, 0) is 13.0 Å². The molecule has 0 aliphatic carbocycles. The van der Waals surface area contributed by atoms with Gasteiger partial charge in [0.1, 0.15) is 18.0 Å². The molecule has 6 nitrogen and oxygen atoms in total. The zero-order chi connectivity index (χ0) is 19.3. The smallest absolute Gasteiger partial charge is 0.191 e. The maximum Gasteiger partial charge on any atom is 0.191 e. The van der Waals surface area contributed by atoms with Gasteiger partial charge in [-0.05, 0) is 36.4 Å². The topological polar surface area (TPSA) is 67.1 Å². The maximum absolute atomic E-state index is 12.9. The zero-order valence-electron chi connectivity index (χ0n) is 16.1. The van der Waals surface area contributed by atoms with Gasteiger partial charge in [0, 0.05) is 37.5 Å². The Morgan fingerprint density at radius 3 is 2.82 bits per heavy atom. The summed E-state index contributed by atoms with van der Waals surface area (Å²) in [6, 6.07) is 6.58. The van der Waals surface area contributed by atoms with Gasteiger partial charge in [0.15, 0.2) is 5.96 Å². The fourth-order valence-electron chi connectivity index (χ4n) is 2.35. The lowest BCUT2D eigenvalue weighted by atomic mass is 10.4. The molecule has 0 aliphatic heterocycles. The van der Waals surface area contributed by atoms with Gasteiger partial charge in [0.2, 0.25) is 0 Å². The standard InChI is InChI=1S/C19H27FN6S.HI/c1-3-10-21-19(23-12-13-26-15-24-25-18(26)4-2)22-11-5-14-27-17-8-6-16(20)7-9-17;/h3,6-9,15H,1,4-5,10-14H2,2H3,(H2,21,22,23);1H. The Balaban J connectivity index is 0.00000392. The third kappa shape index (κ3) is 9.05. The van der Waals surface area contributed by atoms with Crippen LogP contribution in [0, 0.1) is 5.82 Å². The molecule has 1 aromatic carbocycles. The van der Waals surface area contributed by atoms with Gasteiger partial charge in [-0.3, -0.25) is 4.99 Å². The summed E-state index contributed by atoms with van der Waals surface area (Å²) in [5, 5.41) is 14.6. The number of aryl methyl sites for hydroxylation is 1. The van der Waals surface area contributed by atoms with Crippen LogP contribution in [0.1, 0.15) is 19.2 Å². The summed E-state index contributed by atoms with van der Waals surface area (Å²) in [7, 11) is 0. The largest absolute Gasteiger partial charge is 0.355 e. The maximum atomic E-state index is 12.9. The van der Waals surface area contributed by atoms with Crippen molar-refractivity contribution in [2.45, 2.75) is 31.2 Å². The number of halogens is 2. The third-order valence-corrected chi connectivity index (χ3v) is 4.82. The SMILES string of the molecule is C=CCNC(=NCCCSc1ccc(F)cc1)NCCn1cnnc1CC.I. The first-order valence-corrected chi connectivity index (χ1v) is 10.1. The van der Waals surface area contributed by atoms with Gasteiger partial charge in [-0.25, -0.2) is 4.39 Å². The van der Waals surface area contributed by atoms with Crippen molar-refractivity contribution in [3.05, 3.63) is 54.9 Å². The highest BCUT2D eigenvalue weighted by Crippen LogP contribution is 2.18. The van der Waals surface area contributed by atoms with Gasteiger partial charge in [0.25, 0.3) is 0 Å². The van der Waals surface area contributed by atoms with Crippen LogP contribution >= 0.6 is 35.7 Å². The van der Waals surface area contributed by atoms with Crippen LogP contribution in [0.5, 0.6) is 0 Å². The van der Waals surface area contributed by atoms with E-state index in [9.17, 15) is 4.39 Å². The van der Waals surface area contributed by atoms with Crippen molar-refractivity contribution in [2.24, 2.45) is 4.99 Å². The lowest BCUT2D eigenvalue weighted by molar-refractivity contribution is 0.626. The Bertz CT molecular complexity index is 719. The van der Waals surface area contributed by atoms with Crippen LogP contribution in [0.4, 0.5) is 4.39 Å². The molecule has 0 saturated carbocycles. The van der Waals surface area contributed by atoms with Crippen LogP contribution in [0.3, 0.4) is 0 Å². The average Bonchev–Trinajstić information content (AvgIpc) is 3.14. The summed E-state index contributed by atoms with van der Waals surface area (Å²) < 4.78 is 14.9. The lowest BCUT2D eigenvalue weighted by Gasteiger charge is -2.12. The van der Waals surface area contributed by atoms with Gasteiger partial charge < -0.3 is 15.2 Å². The van der Waals surface area contributed by atoms with Gasteiger partial charge in [-0.1, -0.05) is 13.0 Å². The number of nitrogens with zero attached hydrogens (tertiary/aromatic N) is 4. The first kappa shape index (κ1) is 24.4. The van der Waals surface area contributed by atoms with Gasteiger partial charge in [-0.2, -0.15) is 0 Å². The zero-order valence-corrected chi connectivity index (χ0v) is 19.3. The Labute approximate surface area is 187 Å². The number of benzene rings is 1. The minimum Gasteiger partial charge on any atom is -0.355 e. The molecule has 1 aromatic heterocycles. The molecule has 0 fully saturated rings. The van der Waals surface area contributed by atoms with E-state index in [1.807, 2.05) is 4.57 Å². The Morgan fingerprint density at radius 2 is 2.11 bits per heavy atom. The summed E-state index contributed by atoms with van der Waals surface area (Å²) >= 11 is 1.71. The van der Waals surface area contributed by atoms with Crippen molar-refractivity contribution in [3.8, 4) is 0 Å². The quantitative estimate of drug-likeness (QED) is 0.119. The normalized spacial score (nSPS) is 11.0. The van der Waals surface area contributed by atoms with Gasteiger partial charge in [-0.15, -0.1) is 52.5 Å². The van der Waals surface area contributed by atoms with Crippen molar-refractivity contribution in [1.82, 2.24) is 25.4 Å². The second-order valence-electron chi connectivity index (χ2n) is 5.78. The molecule has 0 radical (unpaired) electrons. The van der Waals surface area contributed by atoms with Crippen molar-refractivity contribution in [3.63, 3.8) is 0 Å². The Hall–Kier alpha value is -1.62. The third-order valence-electron chi connectivity index (χ3n) is 3.73. The molecule has 2 N–H and O–H groups in total. The van der Waals surface area contributed by atoms with E-state index >= 15 is 0 Å². The van der Waals surface area contributed by atoms with E-state index in [1.165, 1.54) is 12.1 Å². The number of rotatable bonds is 11. The molecule has 0 saturated heterocycles. The van der Waals surface area contributed by atoms with Crippen LogP contribution < -0.4 is 10.6 Å². The fraction of sp³-hybridized carbons (Fsp3) is 0.421. The minimum absolute atomic E-state index is 0. The van der Waals surface area contributed by atoms with Crippen molar-refractivity contribution in [1.29, 1.82) is 0 Å². The van der Waals surface area contributed by atoms with Crippen LogP contribution in [-0.4, -0.2) is 46.1 Å². The molecular weight excluding hydrogens is 490 g/mol. The molecule has 28 heavy (non-hydrogen) atoms. The number of nitrogens with one attached hydrogen (secondary N) is 2. The highest BCUT2D eigenvalue weighted by Gasteiger charge is 2.02. The van der Waals surface area contributed by atoms with E-state index in [-0.39, 0.29) is 29.8 Å². The fourth-order valence-corrected chi connectivity index (χ4v) is 3.19. The number of hydrogen-bond donors (Lipinski definition) is 2. The molecule has 1 heterocycles. The molecule has 0 spiro atoms. The molecule has 0 bridgehead atoms. The van der Waals surface area contributed by atoms with Gasteiger partial charge in [0.05, 0.1) is 0 Å². The minimum atomic E-state index is -0.203. The van der Waals surface area contributed by atoms with E-state index in [0.717, 1.165) is 48.4 Å². The Kier molecular flexibility index (Phi) is 12.5. The number of guanidine groups is 1. The number of aliphatic imine (C=N–C) groups is 1. The molecule has 0 aliphatic rings. The van der Waals surface area contributed by atoms with E-state index < -0.39 is 0 Å². The van der Waals surface area contributed by atoms with E-state index in [4.69, 9.17) is 0 Å². The summed E-state index contributed by atoms with van der Waals surface area (Å²) in [4.78, 5) is 5.67. The summed E-state index contributed by atoms with van der Waals surface area (Å²) in [5.74, 6) is 2.48. The summed E-state index contributed by atoms with van der Waals surface area (Å²) in [5.41, 5.74) is 0. The molecule has 0 unspecified atom stereocenters. The Morgan fingerprint density at radius 1 is 1.32 bits per heavy atom. The molecule has 2 rings (SSSR count).